The van der Waals surface area contributed by atoms with Crippen LogP contribution < -0.4 is 0 Å². The van der Waals surface area contributed by atoms with Crippen LogP contribution in [0.25, 0.3) is 5.57 Å². The van der Waals surface area contributed by atoms with Crippen molar-refractivity contribution in [3.05, 3.63) is 71.9 Å². The maximum absolute atomic E-state index is 5.99. The smallest absolute Gasteiger partial charge is 0.126 e. The molecule has 0 spiro atoms. The van der Waals surface area contributed by atoms with E-state index in [-0.39, 0.29) is 12.1 Å². The molecule has 1 aromatic carbocycles. The summed E-state index contributed by atoms with van der Waals surface area (Å²) in [6.45, 7) is 7.13. The minimum atomic E-state index is 0.154. The first-order valence-electron chi connectivity index (χ1n) is 8.43. The van der Waals surface area contributed by atoms with Gasteiger partial charge in [0.2, 0.25) is 0 Å². The number of allylic oxidation sites excluding steroid dienone is 1. The SMILES string of the molecule is CC(C)OC1=CCN(C)C=C1c1cnn(C(C)c2ccccc2)c1. The van der Waals surface area contributed by atoms with E-state index in [0.29, 0.717) is 0 Å². The Morgan fingerprint density at radius 1 is 1.12 bits per heavy atom. The van der Waals surface area contributed by atoms with Crippen molar-refractivity contribution < 1.29 is 4.74 Å². The fourth-order valence-electron chi connectivity index (χ4n) is 2.83. The van der Waals surface area contributed by atoms with Crippen LogP contribution in [0, 0.1) is 0 Å². The molecule has 2 aromatic rings. The summed E-state index contributed by atoms with van der Waals surface area (Å²) in [4.78, 5) is 2.15. The van der Waals surface area contributed by atoms with Gasteiger partial charge in [-0.25, -0.2) is 0 Å². The molecule has 2 heterocycles. The standard InChI is InChI=1S/C20H25N3O/c1-15(2)24-20-10-11-22(4)14-19(20)18-12-21-23(13-18)16(3)17-8-6-5-7-9-17/h5-10,12-16H,11H2,1-4H3. The van der Waals surface area contributed by atoms with E-state index in [1.165, 1.54) is 5.56 Å². The molecule has 1 atom stereocenters. The van der Waals surface area contributed by atoms with E-state index in [2.05, 4.69) is 80.6 Å². The predicted molar refractivity (Wildman–Crippen MR) is 97.4 cm³/mol. The molecule has 0 fully saturated rings. The van der Waals surface area contributed by atoms with Crippen molar-refractivity contribution in [1.82, 2.24) is 14.7 Å². The Morgan fingerprint density at radius 3 is 2.58 bits per heavy atom. The van der Waals surface area contributed by atoms with E-state index in [1.807, 2.05) is 16.9 Å². The molecular formula is C20H25N3O. The summed E-state index contributed by atoms with van der Waals surface area (Å²) in [5.74, 6) is 0.940. The highest BCUT2D eigenvalue weighted by Gasteiger charge is 2.18. The first-order chi connectivity index (χ1) is 11.5. The van der Waals surface area contributed by atoms with Gasteiger partial charge >= 0.3 is 0 Å². The quantitative estimate of drug-likeness (QED) is 0.830. The molecular weight excluding hydrogens is 298 g/mol. The van der Waals surface area contributed by atoms with E-state index in [0.717, 1.165) is 23.4 Å². The van der Waals surface area contributed by atoms with Crippen LogP contribution in [0.5, 0.6) is 0 Å². The Labute approximate surface area is 144 Å². The first-order valence-corrected chi connectivity index (χ1v) is 8.43. The van der Waals surface area contributed by atoms with Crippen molar-refractivity contribution in [3.63, 3.8) is 0 Å². The summed E-state index contributed by atoms with van der Waals surface area (Å²) in [6, 6.07) is 10.6. The molecule has 3 rings (SSSR count). The van der Waals surface area contributed by atoms with Gasteiger partial charge in [-0.1, -0.05) is 30.3 Å². The Bertz CT molecular complexity index is 743. The number of rotatable bonds is 5. The third kappa shape index (κ3) is 3.53. The van der Waals surface area contributed by atoms with Gasteiger partial charge in [-0.2, -0.15) is 5.10 Å². The van der Waals surface area contributed by atoms with Crippen molar-refractivity contribution >= 4 is 5.57 Å². The van der Waals surface area contributed by atoms with Crippen LogP contribution in [0.1, 0.15) is 37.9 Å². The highest BCUT2D eigenvalue weighted by atomic mass is 16.5. The summed E-state index contributed by atoms with van der Waals surface area (Å²) in [5.41, 5.74) is 3.41. The second kappa shape index (κ2) is 6.95. The lowest BCUT2D eigenvalue weighted by Gasteiger charge is -2.24. The lowest BCUT2D eigenvalue weighted by molar-refractivity contribution is 0.157. The van der Waals surface area contributed by atoms with Gasteiger partial charge in [-0.15, -0.1) is 0 Å². The van der Waals surface area contributed by atoms with Gasteiger partial charge in [0.15, 0.2) is 0 Å². The molecule has 24 heavy (non-hydrogen) atoms. The van der Waals surface area contributed by atoms with E-state index < -0.39 is 0 Å². The second-order valence-electron chi connectivity index (χ2n) is 6.51. The highest BCUT2D eigenvalue weighted by molar-refractivity contribution is 5.77. The Kier molecular flexibility index (Phi) is 4.74. The molecule has 0 radical (unpaired) electrons. The third-order valence-electron chi connectivity index (χ3n) is 4.13. The summed E-state index contributed by atoms with van der Waals surface area (Å²) < 4.78 is 8.00. The summed E-state index contributed by atoms with van der Waals surface area (Å²) in [7, 11) is 2.07. The van der Waals surface area contributed by atoms with Crippen LogP contribution >= 0.6 is 0 Å². The first kappa shape index (κ1) is 16.4. The zero-order chi connectivity index (χ0) is 17.1. The highest BCUT2D eigenvalue weighted by Crippen LogP contribution is 2.29. The fourth-order valence-corrected chi connectivity index (χ4v) is 2.83. The fraction of sp³-hybridized carbons (Fsp3) is 0.350. The normalized spacial score (nSPS) is 16.0. The maximum Gasteiger partial charge on any atom is 0.126 e. The number of aromatic nitrogens is 2. The third-order valence-corrected chi connectivity index (χ3v) is 4.13. The van der Waals surface area contributed by atoms with Gasteiger partial charge < -0.3 is 9.64 Å². The molecule has 1 aliphatic heterocycles. The van der Waals surface area contributed by atoms with E-state index in [9.17, 15) is 0 Å². The molecule has 4 heteroatoms. The maximum atomic E-state index is 5.99. The zero-order valence-corrected chi connectivity index (χ0v) is 14.8. The number of nitrogens with zero attached hydrogens (tertiary/aromatic N) is 3. The summed E-state index contributed by atoms with van der Waals surface area (Å²) in [6.07, 6.45) is 8.43. The molecule has 0 N–H and O–H groups in total. The predicted octanol–water partition coefficient (Wildman–Crippen LogP) is 4.09. The van der Waals surface area contributed by atoms with Gasteiger partial charge in [0.25, 0.3) is 0 Å². The lowest BCUT2D eigenvalue weighted by Crippen LogP contribution is -2.18. The number of benzene rings is 1. The Balaban J connectivity index is 1.87. The minimum absolute atomic E-state index is 0.154. The average Bonchev–Trinajstić information content (AvgIpc) is 3.06. The molecule has 1 aromatic heterocycles. The monoisotopic (exact) mass is 323 g/mol. The van der Waals surface area contributed by atoms with Crippen molar-refractivity contribution in [2.24, 2.45) is 0 Å². The molecule has 0 saturated carbocycles. The molecule has 0 bridgehead atoms. The van der Waals surface area contributed by atoms with Crippen LogP contribution in [-0.4, -0.2) is 34.4 Å². The average molecular weight is 323 g/mol. The van der Waals surface area contributed by atoms with Gasteiger partial charge in [0, 0.05) is 37.1 Å². The molecule has 0 amide bonds. The van der Waals surface area contributed by atoms with Gasteiger partial charge in [0.1, 0.15) is 5.76 Å². The van der Waals surface area contributed by atoms with Gasteiger partial charge in [0.05, 0.1) is 18.3 Å². The molecule has 1 aliphatic rings. The van der Waals surface area contributed by atoms with Crippen LogP contribution in [-0.2, 0) is 4.74 Å². The molecule has 4 nitrogen and oxygen atoms in total. The Hall–Kier alpha value is -2.49. The molecule has 0 aliphatic carbocycles. The van der Waals surface area contributed by atoms with Gasteiger partial charge in [-0.3, -0.25) is 4.68 Å². The lowest BCUT2D eigenvalue weighted by atomic mass is 10.1. The second-order valence-corrected chi connectivity index (χ2v) is 6.51. The molecule has 0 saturated heterocycles. The molecule has 1 unspecified atom stereocenters. The summed E-state index contributed by atoms with van der Waals surface area (Å²) in [5, 5.41) is 4.58. The largest absolute Gasteiger partial charge is 0.491 e. The minimum Gasteiger partial charge on any atom is -0.491 e. The zero-order valence-electron chi connectivity index (χ0n) is 14.8. The van der Waals surface area contributed by atoms with Crippen LogP contribution in [0.2, 0.25) is 0 Å². The Morgan fingerprint density at radius 2 is 1.88 bits per heavy atom. The van der Waals surface area contributed by atoms with E-state index in [4.69, 9.17) is 4.74 Å². The van der Waals surface area contributed by atoms with Crippen molar-refractivity contribution in [2.45, 2.75) is 32.9 Å². The van der Waals surface area contributed by atoms with Crippen LogP contribution in [0.15, 0.2) is 60.8 Å². The molecule has 126 valence electrons. The van der Waals surface area contributed by atoms with Gasteiger partial charge in [-0.05, 0) is 32.4 Å². The topological polar surface area (TPSA) is 30.3 Å². The van der Waals surface area contributed by atoms with Crippen LogP contribution in [0.3, 0.4) is 0 Å². The van der Waals surface area contributed by atoms with Crippen LogP contribution in [0.4, 0.5) is 0 Å². The van der Waals surface area contributed by atoms with E-state index >= 15 is 0 Å². The number of likely N-dealkylation sites (N-methyl/N-ethyl adjacent to an activating group) is 1. The van der Waals surface area contributed by atoms with Crippen molar-refractivity contribution in [3.8, 4) is 0 Å². The number of hydrogen-bond acceptors (Lipinski definition) is 3. The van der Waals surface area contributed by atoms with E-state index in [1.54, 1.807) is 0 Å². The van der Waals surface area contributed by atoms with Crippen molar-refractivity contribution in [1.29, 1.82) is 0 Å². The number of hydrogen-bond donors (Lipinski definition) is 0. The summed E-state index contributed by atoms with van der Waals surface area (Å²) >= 11 is 0. The number of ether oxygens (including phenoxy) is 1. The van der Waals surface area contributed by atoms with Crippen molar-refractivity contribution in [2.75, 3.05) is 13.6 Å².